The first-order chi connectivity index (χ1) is 26.7. The number of nitrogens with zero attached hydrogens (tertiary/aromatic N) is 3. The van der Waals surface area contributed by atoms with Gasteiger partial charge in [-0.1, -0.05) is 53.1 Å². The first kappa shape index (κ1) is 37.8. The molecule has 11 nitrogen and oxygen atoms in total. The Morgan fingerprint density at radius 1 is 1.00 bits per heavy atom. The number of benzene rings is 2. The molecule has 3 fully saturated rings. The fourth-order valence-corrected chi connectivity index (χ4v) is 10.1. The molecule has 0 bridgehead atoms. The number of aromatic nitrogens is 1. The second-order valence-electron chi connectivity index (χ2n) is 14.0. The molecule has 0 radical (unpaired) electrons. The van der Waals surface area contributed by atoms with Crippen LogP contribution in [0.5, 0.6) is 17.2 Å². The smallest absolute Gasteiger partial charge is 0.417 e. The lowest BCUT2D eigenvalue weighted by molar-refractivity contribution is -0.142. The molecule has 2 aliphatic heterocycles. The average molecular weight is 828 g/mol. The Bertz CT molecular complexity index is 2320. The second-order valence-corrected chi connectivity index (χ2v) is 15.9. The van der Waals surface area contributed by atoms with Crippen LogP contribution in [-0.4, -0.2) is 57.8 Å². The third-order valence-corrected chi connectivity index (χ3v) is 12.8. The molecule has 1 saturated carbocycles. The molecule has 2 aromatic carbocycles. The van der Waals surface area contributed by atoms with Gasteiger partial charge < -0.3 is 14.6 Å². The highest BCUT2D eigenvalue weighted by Gasteiger charge is 2.71. The van der Waals surface area contributed by atoms with Gasteiger partial charge in [-0.25, -0.2) is 4.98 Å². The first-order valence-corrected chi connectivity index (χ1v) is 19.0. The number of thiophene rings is 1. The number of rotatable bonds is 8. The van der Waals surface area contributed by atoms with E-state index in [0.29, 0.717) is 33.4 Å². The second kappa shape index (κ2) is 13.8. The van der Waals surface area contributed by atoms with E-state index in [9.17, 15) is 32.7 Å². The summed E-state index contributed by atoms with van der Waals surface area (Å²) in [5, 5.41) is 14.2. The number of hydrogen-bond donors (Lipinski definition) is 2. The summed E-state index contributed by atoms with van der Waals surface area (Å²) < 4.78 is 51.8. The van der Waals surface area contributed by atoms with E-state index < -0.39 is 75.3 Å². The van der Waals surface area contributed by atoms with Gasteiger partial charge >= 0.3 is 6.18 Å². The van der Waals surface area contributed by atoms with Crippen LogP contribution in [0.4, 0.5) is 19.0 Å². The van der Waals surface area contributed by atoms with Crippen LogP contribution in [0.3, 0.4) is 0 Å². The monoisotopic (exact) mass is 826 g/mol. The van der Waals surface area contributed by atoms with E-state index in [1.807, 2.05) is 23.6 Å². The number of carbonyl (C=O) groups excluding carboxylic acids is 4. The Morgan fingerprint density at radius 3 is 2.39 bits per heavy atom. The van der Waals surface area contributed by atoms with Gasteiger partial charge in [0, 0.05) is 39.7 Å². The minimum atomic E-state index is -4.77. The lowest BCUT2D eigenvalue weighted by atomic mass is 9.49. The predicted molar refractivity (Wildman–Crippen MR) is 198 cm³/mol. The number of hydrogen-bond acceptors (Lipinski definition) is 10. The molecule has 2 saturated heterocycles. The molecular formula is C39H31Cl2F3N4O7S. The van der Waals surface area contributed by atoms with Crippen molar-refractivity contribution in [1.29, 1.82) is 0 Å². The van der Waals surface area contributed by atoms with Crippen molar-refractivity contribution >= 4 is 64.0 Å². The van der Waals surface area contributed by atoms with E-state index in [1.165, 1.54) is 42.6 Å². The van der Waals surface area contributed by atoms with Crippen molar-refractivity contribution in [2.24, 2.45) is 23.7 Å². The summed E-state index contributed by atoms with van der Waals surface area (Å²) in [5.74, 6) is -7.72. The molecule has 8 rings (SSSR count). The maximum Gasteiger partial charge on any atom is 0.417 e. The molecule has 0 spiro atoms. The number of likely N-dealkylation sites (tertiary alicyclic amines) is 1. The quantitative estimate of drug-likeness (QED) is 0.138. The van der Waals surface area contributed by atoms with Crippen molar-refractivity contribution in [2.75, 3.05) is 19.6 Å². The highest BCUT2D eigenvalue weighted by molar-refractivity contribution is 7.09. The number of nitrogens with one attached hydrogen (secondary N) is 1. The van der Waals surface area contributed by atoms with E-state index in [0.717, 1.165) is 4.88 Å². The van der Waals surface area contributed by atoms with Crippen LogP contribution < -0.4 is 14.9 Å². The lowest BCUT2D eigenvalue weighted by Crippen LogP contribution is -2.53. The zero-order chi connectivity index (χ0) is 39.8. The normalized spacial score (nSPS) is 25.8. The van der Waals surface area contributed by atoms with Crippen molar-refractivity contribution in [1.82, 2.24) is 14.9 Å². The molecule has 56 heavy (non-hydrogen) atoms. The number of fused-ring (bicyclic) bond motifs is 4. The van der Waals surface area contributed by atoms with Gasteiger partial charge in [0.2, 0.25) is 11.8 Å². The summed E-state index contributed by atoms with van der Waals surface area (Å²) >= 11 is 14.0. The number of allylic oxidation sites excluding steroid dienone is 2. The SMILES string of the molecule is COc1cc(O)c([C@H]2C3=CC[C@@H]4C(=O)N(Cc5cccs5)C(=O)[C@@H]4[C@@H]3C[C@H]3C(=O)N(Nc4ncc(C(F)(F)F)cc4Cl)C(=O)[C@@]23c2ccc(Cl)cc2)c(OC)c1. The van der Waals surface area contributed by atoms with Gasteiger partial charge in [-0.3, -0.25) is 29.5 Å². The number of phenols is 1. The topological polar surface area (TPSA) is 138 Å². The van der Waals surface area contributed by atoms with Crippen LogP contribution in [0.2, 0.25) is 10.0 Å². The van der Waals surface area contributed by atoms with Crippen molar-refractivity contribution < 1.29 is 46.9 Å². The summed E-state index contributed by atoms with van der Waals surface area (Å²) in [4.78, 5) is 64.5. The molecule has 2 N–H and O–H groups in total. The largest absolute Gasteiger partial charge is 0.507 e. The Hall–Kier alpha value is -5.12. The van der Waals surface area contributed by atoms with Gasteiger partial charge in [0.15, 0.2) is 5.82 Å². The number of halogens is 5. The number of ether oxygens (including phenoxy) is 2. The number of hydrazine groups is 1. The van der Waals surface area contributed by atoms with Crippen molar-refractivity contribution in [3.8, 4) is 17.2 Å². The van der Waals surface area contributed by atoms with E-state index in [1.54, 1.807) is 24.3 Å². The van der Waals surface area contributed by atoms with Gasteiger partial charge in [0.05, 0.1) is 54.5 Å². The molecule has 17 heteroatoms. The summed E-state index contributed by atoms with van der Waals surface area (Å²) in [6.45, 7) is 0.0784. The predicted octanol–water partition coefficient (Wildman–Crippen LogP) is 7.38. The van der Waals surface area contributed by atoms with Gasteiger partial charge in [-0.2, -0.15) is 18.2 Å². The summed E-state index contributed by atoms with van der Waals surface area (Å²) in [7, 11) is 2.76. The van der Waals surface area contributed by atoms with Crippen LogP contribution in [0, 0.1) is 23.7 Å². The molecule has 0 unspecified atom stereocenters. The number of carbonyl (C=O) groups is 4. The number of pyridine rings is 1. The van der Waals surface area contributed by atoms with E-state index >= 15 is 4.79 Å². The van der Waals surface area contributed by atoms with E-state index in [-0.39, 0.29) is 48.1 Å². The molecule has 4 aliphatic rings. The van der Waals surface area contributed by atoms with E-state index in [4.69, 9.17) is 32.7 Å². The molecule has 4 heterocycles. The van der Waals surface area contributed by atoms with Crippen molar-refractivity contribution in [2.45, 2.75) is 36.9 Å². The average Bonchev–Trinajstić information content (AvgIpc) is 3.83. The maximum atomic E-state index is 15.4. The van der Waals surface area contributed by atoms with Crippen LogP contribution in [0.25, 0.3) is 0 Å². The van der Waals surface area contributed by atoms with Gasteiger partial charge in [-0.15, -0.1) is 11.3 Å². The van der Waals surface area contributed by atoms with Crippen LogP contribution >= 0.6 is 34.5 Å². The zero-order valence-electron chi connectivity index (χ0n) is 29.5. The summed E-state index contributed by atoms with van der Waals surface area (Å²) in [6, 6.07) is 13.4. The Labute approximate surface area is 331 Å². The number of alkyl halides is 3. The van der Waals surface area contributed by atoms with Crippen LogP contribution in [0.1, 0.15) is 40.3 Å². The number of aromatic hydroxyl groups is 1. The standard InChI is InChI=1S/C39H31Cl2F3N4O7S/c1-54-21-13-28(49)31(29(14-21)55-2)32-23-9-10-24-30(36(52)47(34(24)50)17-22-4-3-11-56-22)25(23)15-26-35(51)48(37(53)38(26,32)18-5-7-20(40)8-6-18)46-33-27(41)12-19(16-45-33)39(42,43)44/h3-9,11-14,16,24-26,30,32,49H,10,15,17H2,1-2H3,(H,45,46)/t24-,25+,26-,30-,32+,38+/m0/s1. The highest BCUT2D eigenvalue weighted by atomic mass is 35.5. The van der Waals surface area contributed by atoms with Gasteiger partial charge in [0.25, 0.3) is 11.8 Å². The van der Waals surface area contributed by atoms with Crippen LogP contribution in [0.15, 0.2) is 77.8 Å². The van der Waals surface area contributed by atoms with E-state index in [2.05, 4.69) is 10.4 Å². The number of imide groups is 2. The molecule has 290 valence electrons. The Morgan fingerprint density at radius 2 is 1.75 bits per heavy atom. The molecule has 2 aliphatic carbocycles. The fraction of sp³-hybridized carbons (Fsp3) is 0.308. The number of anilines is 1. The molecular weight excluding hydrogens is 796 g/mol. The number of amides is 4. The third-order valence-electron chi connectivity index (χ3n) is 11.4. The summed E-state index contributed by atoms with van der Waals surface area (Å²) in [5.41, 5.74) is 0.530. The zero-order valence-corrected chi connectivity index (χ0v) is 31.8. The highest BCUT2D eigenvalue weighted by Crippen LogP contribution is 2.66. The first-order valence-electron chi connectivity index (χ1n) is 17.4. The minimum absolute atomic E-state index is 0.0784. The minimum Gasteiger partial charge on any atom is -0.507 e. The van der Waals surface area contributed by atoms with Gasteiger partial charge in [0.1, 0.15) is 17.2 Å². The molecule has 2 aromatic heterocycles. The number of methoxy groups -OCH3 is 2. The number of phenolic OH excluding ortho intramolecular Hbond substituents is 1. The Balaban J connectivity index is 1.34. The van der Waals surface area contributed by atoms with Crippen LogP contribution in [-0.2, 0) is 37.3 Å². The lowest BCUT2D eigenvalue weighted by Gasteiger charge is -2.50. The molecule has 6 atom stereocenters. The van der Waals surface area contributed by atoms with Gasteiger partial charge in [-0.05, 0) is 54.0 Å². The maximum absolute atomic E-state index is 15.4. The Kier molecular flexibility index (Phi) is 9.32. The van der Waals surface area contributed by atoms with Crippen molar-refractivity contribution in [3.05, 3.63) is 109 Å². The third kappa shape index (κ3) is 5.73. The molecule has 4 amide bonds. The van der Waals surface area contributed by atoms with Crippen molar-refractivity contribution in [3.63, 3.8) is 0 Å². The fourth-order valence-electron chi connectivity index (χ4n) is 9.04. The summed E-state index contributed by atoms with van der Waals surface area (Å²) in [6.07, 6.45) is -2.39. The molecule has 4 aromatic rings.